The summed E-state index contributed by atoms with van der Waals surface area (Å²) in [5.74, 6) is 0.538. The quantitative estimate of drug-likeness (QED) is 0.828. The first-order chi connectivity index (χ1) is 9.31. The highest BCUT2D eigenvalue weighted by molar-refractivity contribution is 5.14. The fraction of sp³-hybridized carbons (Fsp3) is 0.333. The lowest BCUT2D eigenvalue weighted by molar-refractivity contribution is 0.0766. The summed E-state index contributed by atoms with van der Waals surface area (Å²) >= 11 is 0. The Kier molecular flexibility index (Phi) is 3.42. The van der Waals surface area contributed by atoms with Crippen molar-refractivity contribution in [3.05, 3.63) is 64.6 Å². The molecule has 1 aliphatic rings. The highest BCUT2D eigenvalue weighted by atomic mass is 16.1. The molecule has 0 amide bonds. The van der Waals surface area contributed by atoms with E-state index in [2.05, 4.69) is 34.3 Å². The summed E-state index contributed by atoms with van der Waals surface area (Å²) in [4.78, 5) is 14.0. The maximum Gasteiger partial charge on any atom is 0.266 e. The molecule has 19 heavy (non-hydrogen) atoms. The monoisotopic (exact) mass is 255 g/mol. The third kappa shape index (κ3) is 2.90. The Morgan fingerprint density at radius 2 is 1.89 bits per heavy atom. The van der Waals surface area contributed by atoms with E-state index >= 15 is 0 Å². The average Bonchev–Trinajstić information content (AvgIpc) is 2.40. The SMILES string of the molecule is O=c1cccnn1CC1CN(Cc2ccccc2)C1. The molecule has 0 radical (unpaired) electrons. The van der Waals surface area contributed by atoms with Crippen LogP contribution in [0.1, 0.15) is 5.56 Å². The van der Waals surface area contributed by atoms with Crippen LogP contribution in [0.5, 0.6) is 0 Å². The first-order valence-electron chi connectivity index (χ1n) is 6.60. The molecule has 0 unspecified atom stereocenters. The van der Waals surface area contributed by atoms with Gasteiger partial charge in [0, 0.05) is 37.8 Å². The van der Waals surface area contributed by atoms with Gasteiger partial charge in [-0.1, -0.05) is 30.3 Å². The molecule has 0 spiro atoms. The van der Waals surface area contributed by atoms with Crippen LogP contribution in [0.2, 0.25) is 0 Å². The zero-order valence-electron chi connectivity index (χ0n) is 10.8. The lowest BCUT2D eigenvalue weighted by Gasteiger charge is -2.39. The van der Waals surface area contributed by atoms with Crippen molar-refractivity contribution in [1.29, 1.82) is 0 Å². The van der Waals surface area contributed by atoms with E-state index in [4.69, 9.17) is 0 Å². The van der Waals surface area contributed by atoms with Crippen LogP contribution in [-0.2, 0) is 13.1 Å². The van der Waals surface area contributed by atoms with Gasteiger partial charge in [0.15, 0.2) is 0 Å². The lowest BCUT2D eigenvalue weighted by Crippen LogP contribution is -2.48. The van der Waals surface area contributed by atoms with Crippen LogP contribution in [-0.4, -0.2) is 27.8 Å². The van der Waals surface area contributed by atoms with Gasteiger partial charge >= 0.3 is 0 Å². The van der Waals surface area contributed by atoms with E-state index in [0.717, 1.165) is 26.2 Å². The maximum atomic E-state index is 11.6. The largest absolute Gasteiger partial charge is 0.298 e. The van der Waals surface area contributed by atoms with Crippen molar-refractivity contribution in [2.45, 2.75) is 13.1 Å². The molecule has 0 saturated carbocycles. The number of benzene rings is 1. The summed E-state index contributed by atoms with van der Waals surface area (Å²) in [6.07, 6.45) is 1.67. The molecule has 0 bridgehead atoms. The van der Waals surface area contributed by atoms with Crippen molar-refractivity contribution in [2.75, 3.05) is 13.1 Å². The van der Waals surface area contributed by atoms with Gasteiger partial charge in [0.1, 0.15) is 0 Å². The van der Waals surface area contributed by atoms with Gasteiger partial charge in [-0.15, -0.1) is 0 Å². The van der Waals surface area contributed by atoms with Crippen molar-refractivity contribution >= 4 is 0 Å². The van der Waals surface area contributed by atoms with E-state index < -0.39 is 0 Å². The van der Waals surface area contributed by atoms with Gasteiger partial charge in [-0.25, -0.2) is 4.68 Å². The van der Waals surface area contributed by atoms with Crippen LogP contribution in [0.15, 0.2) is 53.5 Å². The number of nitrogens with zero attached hydrogens (tertiary/aromatic N) is 3. The Bertz CT molecular complexity index is 588. The summed E-state index contributed by atoms with van der Waals surface area (Å²) in [7, 11) is 0. The molecule has 0 N–H and O–H groups in total. The normalized spacial score (nSPS) is 16.2. The van der Waals surface area contributed by atoms with E-state index in [-0.39, 0.29) is 5.56 Å². The Labute approximate surface area is 112 Å². The highest BCUT2D eigenvalue weighted by Gasteiger charge is 2.27. The van der Waals surface area contributed by atoms with E-state index in [0.29, 0.717) is 5.92 Å². The van der Waals surface area contributed by atoms with Gasteiger partial charge in [-0.05, 0) is 11.6 Å². The summed E-state index contributed by atoms with van der Waals surface area (Å²) in [5, 5.41) is 4.09. The van der Waals surface area contributed by atoms with Crippen molar-refractivity contribution in [1.82, 2.24) is 14.7 Å². The van der Waals surface area contributed by atoms with Crippen molar-refractivity contribution < 1.29 is 0 Å². The Hall–Kier alpha value is -1.94. The second-order valence-corrected chi connectivity index (χ2v) is 5.09. The maximum absolute atomic E-state index is 11.6. The molecule has 0 atom stereocenters. The number of hydrogen-bond donors (Lipinski definition) is 0. The number of aromatic nitrogens is 2. The standard InChI is InChI=1S/C15H17N3O/c19-15-7-4-8-16-18(15)12-14-10-17(11-14)9-13-5-2-1-3-6-13/h1-8,14H,9-12H2. The molecule has 1 saturated heterocycles. The van der Waals surface area contributed by atoms with Gasteiger partial charge < -0.3 is 0 Å². The number of rotatable bonds is 4. The van der Waals surface area contributed by atoms with E-state index in [1.807, 2.05) is 6.07 Å². The summed E-state index contributed by atoms with van der Waals surface area (Å²) in [6.45, 7) is 3.80. The van der Waals surface area contributed by atoms with Crippen LogP contribution < -0.4 is 5.56 Å². The van der Waals surface area contributed by atoms with Gasteiger partial charge in [-0.3, -0.25) is 9.69 Å². The molecule has 0 aliphatic carbocycles. The van der Waals surface area contributed by atoms with E-state index in [1.54, 1.807) is 23.0 Å². The molecule has 1 fully saturated rings. The van der Waals surface area contributed by atoms with E-state index in [1.165, 1.54) is 5.56 Å². The average molecular weight is 255 g/mol. The first kappa shape index (κ1) is 12.1. The predicted octanol–water partition coefficient (Wildman–Crippen LogP) is 1.38. The highest BCUT2D eigenvalue weighted by Crippen LogP contribution is 2.19. The molecular weight excluding hydrogens is 238 g/mol. The van der Waals surface area contributed by atoms with Crippen LogP contribution in [0.3, 0.4) is 0 Å². The van der Waals surface area contributed by atoms with Gasteiger partial charge in [0.25, 0.3) is 5.56 Å². The van der Waals surface area contributed by atoms with Gasteiger partial charge in [0.2, 0.25) is 0 Å². The number of likely N-dealkylation sites (tertiary alicyclic amines) is 1. The minimum atomic E-state index is -0.0102. The summed E-state index contributed by atoms with van der Waals surface area (Å²) < 4.78 is 1.56. The molecule has 1 aliphatic heterocycles. The molecule has 4 heteroatoms. The third-order valence-corrected chi connectivity index (χ3v) is 3.50. The van der Waals surface area contributed by atoms with Crippen LogP contribution in [0, 0.1) is 5.92 Å². The molecule has 4 nitrogen and oxygen atoms in total. The molecular formula is C15H17N3O. The fourth-order valence-electron chi connectivity index (χ4n) is 2.53. The summed E-state index contributed by atoms with van der Waals surface area (Å²) in [5.41, 5.74) is 1.33. The van der Waals surface area contributed by atoms with Crippen LogP contribution in [0.4, 0.5) is 0 Å². The third-order valence-electron chi connectivity index (χ3n) is 3.50. The second kappa shape index (κ2) is 5.36. The Morgan fingerprint density at radius 1 is 1.11 bits per heavy atom. The fourth-order valence-corrected chi connectivity index (χ4v) is 2.53. The number of hydrogen-bond acceptors (Lipinski definition) is 3. The molecule has 1 aromatic heterocycles. The second-order valence-electron chi connectivity index (χ2n) is 5.09. The smallest absolute Gasteiger partial charge is 0.266 e. The van der Waals surface area contributed by atoms with Crippen LogP contribution in [0.25, 0.3) is 0 Å². The predicted molar refractivity (Wildman–Crippen MR) is 73.7 cm³/mol. The first-order valence-corrected chi connectivity index (χ1v) is 6.60. The summed E-state index contributed by atoms with van der Waals surface area (Å²) in [6, 6.07) is 13.7. The molecule has 2 heterocycles. The lowest BCUT2D eigenvalue weighted by atomic mass is 9.99. The molecule has 3 rings (SSSR count). The van der Waals surface area contributed by atoms with Crippen LogP contribution >= 0.6 is 0 Å². The molecule has 2 aromatic rings. The zero-order valence-corrected chi connectivity index (χ0v) is 10.8. The van der Waals surface area contributed by atoms with Crippen molar-refractivity contribution in [2.24, 2.45) is 5.92 Å². The Balaban J connectivity index is 1.51. The minimum absolute atomic E-state index is 0.0102. The minimum Gasteiger partial charge on any atom is -0.298 e. The van der Waals surface area contributed by atoms with Gasteiger partial charge in [0.05, 0.1) is 6.54 Å². The molecule has 1 aromatic carbocycles. The van der Waals surface area contributed by atoms with Crippen molar-refractivity contribution in [3.63, 3.8) is 0 Å². The van der Waals surface area contributed by atoms with Gasteiger partial charge in [-0.2, -0.15) is 5.10 Å². The topological polar surface area (TPSA) is 38.1 Å². The van der Waals surface area contributed by atoms with E-state index in [9.17, 15) is 4.79 Å². The Morgan fingerprint density at radius 3 is 2.63 bits per heavy atom. The van der Waals surface area contributed by atoms with Crippen molar-refractivity contribution in [3.8, 4) is 0 Å². The molecule has 98 valence electrons. The zero-order chi connectivity index (χ0) is 13.1.